The molecule has 156 valence electrons. The van der Waals surface area contributed by atoms with Gasteiger partial charge in [-0.15, -0.1) is 0 Å². The van der Waals surface area contributed by atoms with Crippen LogP contribution >= 0.6 is 0 Å². The van der Waals surface area contributed by atoms with Gasteiger partial charge in [0.2, 0.25) is 5.91 Å². The molecule has 1 aromatic carbocycles. The molecule has 2 aliphatic rings. The van der Waals surface area contributed by atoms with E-state index in [1.807, 2.05) is 0 Å². The van der Waals surface area contributed by atoms with Crippen molar-refractivity contribution in [2.45, 2.75) is 46.1 Å². The van der Waals surface area contributed by atoms with E-state index >= 15 is 0 Å². The van der Waals surface area contributed by atoms with Crippen molar-refractivity contribution < 1.29 is 14.3 Å². The van der Waals surface area contributed by atoms with Crippen LogP contribution in [0.15, 0.2) is 24.3 Å². The largest absolute Gasteiger partial charge is 0.493 e. The minimum atomic E-state index is 0.179. The van der Waals surface area contributed by atoms with Gasteiger partial charge in [-0.05, 0) is 43.4 Å². The molecule has 0 bridgehead atoms. The Morgan fingerprint density at radius 1 is 1.14 bits per heavy atom. The van der Waals surface area contributed by atoms with Crippen molar-refractivity contribution >= 4 is 5.91 Å². The van der Waals surface area contributed by atoms with E-state index in [-0.39, 0.29) is 5.92 Å². The molecule has 0 aliphatic carbocycles. The van der Waals surface area contributed by atoms with Gasteiger partial charge in [0, 0.05) is 44.6 Å². The first-order chi connectivity index (χ1) is 13.7. The molecule has 5 nitrogen and oxygen atoms in total. The number of nitrogens with zero attached hydrogens (tertiary/aromatic N) is 2. The lowest BCUT2D eigenvalue weighted by Crippen LogP contribution is -2.44. The number of piperidine rings is 1. The maximum absolute atomic E-state index is 12.7. The second kappa shape index (κ2) is 10.8. The molecule has 3 rings (SSSR count). The highest BCUT2D eigenvalue weighted by atomic mass is 16.5. The highest BCUT2D eigenvalue weighted by Gasteiger charge is 2.27. The zero-order valence-electron chi connectivity index (χ0n) is 17.6. The van der Waals surface area contributed by atoms with Crippen LogP contribution in [0.2, 0.25) is 0 Å². The molecule has 2 saturated heterocycles. The van der Waals surface area contributed by atoms with Gasteiger partial charge in [-0.2, -0.15) is 0 Å². The second-order valence-corrected chi connectivity index (χ2v) is 8.15. The van der Waals surface area contributed by atoms with Gasteiger partial charge in [-0.3, -0.25) is 9.69 Å². The number of likely N-dealkylation sites (tertiary alicyclic amines) is 1. The van der Waals surface area contributed by atoms with Crippen molar-refractivity contribution in [3.8, 4) is 5.75 Å². The molecular formula is C23H36N2O3. The highest BCUT2D eigenvalue weighted by molar-refractivity contribution is 5.78. The Hall–Kier alpha value is -1.59. The molecule has 0 unspecified atom stereocenters. The number of carbonyl (C=O) groups is 1. The van der Waals surface area contributed by atoms with Crippen LogP contribution in [0.25, 0.3) is 0 Å². The first kappa shape index (κ1) is 21.1. The third kappa shape index (κ3) is 5.95. The Morgan fingerprint density at radius 3 is 2.54 bits per heavy atom. The van der Waals surface area contributed by atoms with Gasteiger partial charge in [0.15, 0.2) is 0 Å². The fraction of sp³-hybridized carbons (Fsp3) is 0.696. The topological polar surface area (TPSA) is 42.0 Å². The Labute approximate surface area is 170 Å². The average molecular weight is 389 g/mol. The number of benzene rings is 1. The number of ether oxygens (including phenoxy) is 2. The van der Waals surface area contributed by atoms with E-state index < -0.39 is 0 Å². The lowest BCUT2D eigenvalue weighted by Gasteiger charge is -2.34. The summed E-state index contributed by atoms with van der Waals surface area (Å²) in [6.07, 6.45) is 4.09. The molecule has 0 N–H and O–H groups in total. The quantitative estimate of drug-likeness (QED) is 0.683. The summed E-state index contributed by atoms with van der Waals surface area (Å²) in [5.74, 6) is 1.87. The molecule has 2 heterocycles. The molecule has 2 aliphatic heterocycles. The molecule has 1 atom stereocenters. The summed E-state index contributed by atoms with van der Waals surface area (Å²) in [5.41, 5.74) is 1.31. The summed E-state index contributed by atoms with van der Waals surface area (Å²) in [7, 11) is 0. The Balaban J connectivity index is 1.45. The molecule has 1 aromatic rings. The smallest absolute Gasteiger partial charge is 0.225 e. The highest BCUT2D eigenvalue weighted by Crippen LogP contribution is 2.22. The first-order valence-corrected chi connectivity index (χ1v) is 11.0. The number of morpholine rings is 1. The van der Waals surface area contributed by atoms with E-state index in [9.17, 15) is 4.79 Å². The summed E-state index contributed by atoms with van der Waals surface area (Å²) >= 11 is 0. The summed E-state index contributed by atoms with van der Waals surface area (Å²) in [6.45, 7) is 11.3. The Morgan fingerprint density at radius 2 is 1.86 bits per heavy atom. The van der Waals surface area contributed by atoms with Crippen LogP contribution in [0.1, 0.15) is 45.1 Å². The van der Waals surface area contributed by atoms with Crippen LogP contribution in [-0.2, 0) is 16.1 Å². The van der Waals surface area contributed by atoms with Crippen LogP contribution in [0.4, 0.5) is 0 Å². The van der Waals surface area contributed by atoms with Crippen LogP contribution in [0, 0.1) is 11.8 Å². The fourth-order valence-electron chi connectivity index (χ4n) is 4.22. The number of hydrogen-bond acceptors (Lipinski definition) is 4. The number of amides is 1. The molecule has 1 amide bonds. The molecule has 2 fully saturated rings. The molecule has 28 heavy (non-hydrogen) atoms. The third-order valence-electron chi connectivity index (χ3n) is 6.08. The maximum Gasteiger partial charge on any atom is 0.225 e. The van der Waals surface area contributed by atoms with Crippen molar-refractivity contribution in [1.82, 2.24) is 9.80 Å². The van der Waals surface area contributed by atoms with Gasteiger partial charge >= 0.3 is 0 Å². The lowest BCUT2D eigenvalue weighted by atomic mass is 9.95. The molecule has 0 radical (unpaired) electrons. The summed E-state index contributed by atoms with van der Waals surface area (Å²) in [4.78, 5) is 17.1. The predicted octanol–water partition coefficient (Wildman–Crippen LogP) is 3.57. The van der Waals surface area contributed by atoms with Crippen molar-refractivity contribution in [2.75, 3.05) is 46.0 Å². The summed E-state index contributed by atoms with van der Waals surface area (Å²) in [5, 5.41) is 0. The van der Waals surface area contributed by atoms with Crippen molar-refractivity contribution in [3.05, 3.63) is 29.8 Å². The minimum Gasteiger partial charge on any atom is -0.493 e. The van der Waals surface area contributed by atoms with Crippen molar-refractivity contribution in [3.63, 3.8) is 0 Å². The number of hydrogen-bond donors (Lipinski definition) is 0. The monoisotopic (exact) mass is 388 g/mol. The average Bonchev–Trinajstić information content (AvgIpc) is 2.75. The van der Waals surface area contributed by atoms with E-state index in [0.29, 0.717) is 18.4 Å². The first-order valence-electron chi connectivity index (χ1n) is 11.0. The standard InChI is InChI=1S/C23H36N2O3/c1-3-21(4-2)23(26)25-11-5-6-20(17-25)18-28-22-9-7-19(8-10-22)16-24-12-14-27-15-13-24/h7-10,20-21H,3-6,11-18H2,1-2H3/t20-/m1/s1. The van der Waals surface area contributed by atoms with E-state index in [1.54, 1.807) is 0 Å². The zero-order chi connectivity index (χ0) is 19.8. The zero-order valence-corrected chi connectivity index (χ0v) is 17.6. The van der Waals surface area contributed by atoms with Crippen LogP contribution in [0.5, 0.6) is 5.75 Å². The molecular weight excluding hydrogens is 352 g/mol. The SMILES string of the molecule is CCC(CC)C(=O)N1CCC[C@@H](COc2ccc(CN3CCOCC3)cc2)C1. The van der Waals surface area contributed by atoms with Gasteiger partial charge in [0.1, 0.15) is 5.75 Å². The van der Waals surface area contributed by atoms with Crippen LogP contribution < -0.4 is 4.74 Å². The van der Waals surface area contributed by atoms with Gasteiger partial charge in [-0.1, -0.05) is 26.0 Å². The second-order valence-electron chi connectivity index (χ2n) is 8.15. The maximum atomic E-state index is 12.7. The van der Waals surface area contributed by atoms with E-state index in [2.05, 4.69) is 47.9 Å². The normalized spacial score (nSPS) is 21.1. The van der Waals surface area contributed by atoms with Crippen molar-refractivity contribution in [1.29, 1.82) is 0 Å². The van der Waals surface area contributed by atoms with Crippen molar-refractivity contribution in [2.24, 2.45) is 11.8 Å². The fourth-order valence-corrected chi connectivity index (χ4v) is 4.22. The molecule has 0 aromatic heterocycles. The van der Waals surface area contributed by atoms with E-state index in [4.69, 9.17) is 9.47 Å². The number of carbonyl (C=O) groups excluding carboxylic acids is 1. The van der Waals surface area contributed by atoms with E-state index in [1.165, 1.54) is 5.56 Å². The third-order valence-corrected chi connectivity index (χ3v) is 6.08. The molecule has 0 spiro atoms. The van der Waals surface area contributed by atoms with Gasteiger partial charge in [-0.25, -0.2) is 0 Å². The van der Waals surface area contributed by atoms with Gasteiger partial charge in [0.05, 0.1) is 19.8 Å². The van der Waals surface area contributed by atoms with Gasteiger partial charge < -0.3 is 14.4 Å². The minimum absolute atomic E-state index is 0.179. The summed E-state index contributed by atoms with van der Waals surface area (Å²) < 4.78 is 11.5. The van der Waals surface area contributed by atoms with Crippen LogP contribution in [-0.4, -0.2) is 61.7 Å². The molecule has 0 saturated carbocycles. The lowest BCUT2D eigenvalue weighted by molar-refractivity contribution is -0.137. The van der Waals surface area contributed by atoms with E-state index in [0.717, 1.165) is 77.4 Å². The van der Waals surface area contributed by atoms with Gasteiger partial charge in [0.25, 0.3) is 0 Å². The number of rotatable bonds is 8. The summed E-state index contributed by atoms with van der Waals surface area (Å²) in [6, 6.07) is 8.47. The Kier molecular flexibility index (Phi) is 8.16. The predicted molar refractivity (Wildman–Crippen MR) is 111 cm³/mol. The molecule has 5 heteroatoms. The van der Waals surface area contributed by atoms with Crippen LogP contribution in [0.3, 0.4) is 0 Å². The Bertz CT molecular complexity index is 594.